The summed E-state index contributed by atoms with van der Waals surface area (Å²) in [5.74, 6) is 1.79. The number of aryl methyl sites for hydroxylation is 2. The van der Waals surface area contributed by atoms with Gasteiger partial charge in [0.2, 0.25) is 10.0 Å². The van der Waals surface area contributed by atoms with Crippen molar-refractivity contribution >= 4 is 10.0 Å². The van der Waals surface area contributed by atoms with Gasteiger partial charge in [-0.2, -0.15) is 4.31 Å². The molecule has 1 aliphatic heterocycles. The Morgan fingerprint density at radius 3 is 2.52 bits per heavy atom. The lowest BCUT2D eigenvalue weighted by Crippen LogP contribution is -2.49. The van der Waals surface area contributed by atoms with E-state index in [1.807, 2.05) is 19.3 Å². The lowest BCUT2D eigenvalue weighted by molar-refractivity contribution is 0.182. The van der Waals surface area contributed by atoms with E-state index in [0.29, 0.717) is 23.7 Å². The van der Waals surface area contributed by atoms with Crippen molar-refractivity contribution in [3.05, 3.63) is 42.0 Å². The molecule has 3 rings (SSSR count). The third kappa shape index (κ3) is 4.34. The van der Waals surface area contributed by atoms with Gasteiger partial charge in [0, 0.05) is 58.1 Å². The molecule has 0 N–H and O–H groups in total. The molecule has 0 aliphatic carbocycles. The van der Waals surface area contributed by atoms with Crippen molar-refractivity contribution < 1.29 is 13.2 Å². The highest BCUT2D eigenvalue weighted by Crippen LogP contribution is 2.24. The number of hydrogen-bond acceptors (Lipinski definition) is 5. The van der Waals surface area contributed by atoms with E-state index >= 15 is 0 Å². The van der Waals surface area contributed by atoms with Crippen LogP contribution in [0.3, 0.4) is 0 Å². The van der Waals surface area contributed by atoms with Crippen LogP contribution in [0.15, 0.2) is 35.5 Å². The SMILES string of the molecule is CCc1nccn1CCN1CCN(S(=O)(=O)c2ccc(OC)c(C)c2)CC1. The van der Waals surface area contributed by atoms with Crippen molar-refractivity contribution in [1.82, 2.24) is 18.8 Å². The molecule has 0 atom stereocenters. The number of ether oxygens (including phenoxy) is 1. The van der Waals surface area contributed by atoms with Crippen LogP contribution in [0.5, 0.6) is 5.75 Å². The Morgan fingerprint density at radius 2 is 1.89 bits per heavy atom. The first-order valence-electron chi connectivity index (χ1n) is 9.33. The van der Waals surface area contributed by atoms with E-state index in [9.17, 15) is 8.42 Å². The molecular weight excluding hydrogens is 364 g/mol. The van der Waals surface area contributed by atoms with Crippen LogP contribution in [0.2, 0.25) is 0 Å². The van der Waals surface area contributed by atoms with Gasteiger partial charge in [0.25, 0.3) is 0 Å². The second-order valence-corrected chi connectivity index (χ2v) is 8.71. The monoisotopic (exact) mass is 392 g/mol. The fourth-order valence-corrected chi connectivity index (χ4v) is 4.97. The van der Waals surface area contributed by atoms with Crippen LogP contribution in [-0.2, 0) is 23.0 Å². The van der Waals surface area contributed by atoms with Crippen molar-refractivity contribution in [2.45, 2.75) is 31.7 Å². The molecule has 1 aromatic heterocycles. The summed E-state index contributed by atoms with van der Waals surface area (Å²) in [4.78, 5) is 6.99. The Bertz CT molecular complexity index is 871. The average Bonchev–Trinajstić information content (AvgIpc) is 3.14. The van der Waals surface area contributed by atoms with Crippen LogP contribution in [0.25, 0.3) is 0 Å². The molecule has 1 saturated heterocycles. The summed E-state index contributed by atoms with van der Waals surface area (Å²) in [6.45, 7) is 8.25. The minimum absolute atomic E-state index is 0.334. The molecule has 0 unspecified atom stereocenters. The summed E-state index contributed by atoms with van der Waals surface area (Å²) in [7, 11) is -1.88. The van der Waals surface area contributed by atoms with Gasteiger partial charge in [-0.15, -0.1) is 0 Å². The fraction of sp³-hybridized carbons (Fsp3) is 0.526. The number of hydrogen-bond donors (Lipinski definition) is 0. The van der Waals surface area contributed by atoms with E-state index in [2.05, 4.69) is 21.4 Å². The van der Waals surface area contributed by atoms with Crippen LogP contribution in [0, 0.1) is 6.92 Å². The number of imidazole rings is 1. The molecular formula is C19H28N4O3S. The fourth-order valence-electron chi connectivity index (χ4n) is 3.46. The molecule has 8 heteroatoms. The second-order valence-electron chi connectivity index (χ2n) is 6.77. The van der Waals surface area contributed by atoms with E-state index in [4.69, 9.17) is 4.74 Å². The average molecular weight is 393 g/mol. The molecule has 2 aromatic rings. The zero-order chi connectivity index (χ0) is 19.4. The van der Waals surface area contributed by atoms with Gasteiger partial charge in [0.15, 0.2) is 0 Å². The van der Waals surface area contributed by atoms with Gasteiger partial charge in [-0.1, -0.05) is 6.92 Å². The number of piperazine rings is 1. The summed E-state index contributed by atoms with van der Waals surface area (Å²) < 4.78 is 34.8. The Morgan fingerprint density at radius 1 is 1.15 bits per heavy atom. The third-order valence-electron chi connectivity index (χ3n) is 5.11. The van der Waals surface area contributed by atoms with E-state index < -0.39 is 10.0 Å². The van der Waals surface area contributed by atoms with Gasteiger partial charge in [0.1, 0.15) is 11.6 Å². The largest absolute Gasteiger partial charge is 0.496 e. The van der Waals surface area contributed by atoms with E-state index in [1.54, 1.807) is 29.6 Å². The summed E-state index contributed by atoms with van der Waals surface area (Å²) >= 11 is 0. The predicted molar refractivity (Wildman–Crippen MR) is 105 cm³/mol. The summed E-state index contributed by atoms with van der Waals surface area (Å²) in [5.41, 5.74) is 0.823. The van der Waals surface area contributed by atoms with E-state index in [0.717, 1.165) is 44.0 Å². The van der Waals surface area contributed by atoms with Gasteiger partial charge in [-0.3, -0.25) is 4.90 Å². The normalized spacial score (nSPS) is 16.6. The van der Waals surface area contributed by atoms with Crippen LogP contribution < -0.4 is 4.74 Å². The van der Waals surface area contributed by atoms with Gasteiger partial charge >= 0.3 is 0 Å². The minimum Gasteiger partial charge on any atom is -0.496 e. The Kier molecular flexibility index (Phi) is 6.18. The zero-order valence-electron chi connectivity index (χ0n) is 16.3. The van der Waals surface area contributed by atoms with Crippen molar-refractivity contribution in [1.29, 1.82) is 0 Å². The number of aromatic nitrogens is 2. The third-order valence-corrected chi connectivity index (χ3v) is 7.01. The number of sulfonamides is 1. The van der Waals surface area contributed by atoms with Crippen LogP contribution in [0.4, 0.5) is 0 Å². The molecule has 0 amide bonds. The smallest absolute Gasteiger partial charge is 0.243 e. The molecule has 1 fully saturated rings. The quantitative estimate of drug-likeness (QED) is 0.718. The molecule has 1 aliphatic rings. The molecule has 0 spiro atoms. The first kappa shape index (κ1) is 19.9. The van der Waals surface area contributed by atoms with E-state index in [1.165, 1.54) is 0 Å². The number of methoxy groups -OCH3 is 1. The highest BCUT2D eigenvalue weighted by Gasteiger charge is 2.28. The first-order chi connectivity index (χ1) is 13.0. The Balaban J connectivity index is 1.58. The van der Waals surface area contributed by atoms with Crippen molar-refractivity contribution in [3.8, 4) is 5.75 Å². The molecule has 0 radical (unpaired) electrons. The van der Waals surface area contributed by atoms with Crippen molar-refractivity contribution in [3.63, 3.8) is 0 Å². The molecule has 148 valence electrons. The lowest BCUT2D eigenvalue weighted by Gasteiger charge is -2.34. The highest BCUT2D eigenvalue weighted by molar-refractivity contribution is 7.89. The van der Waals surface area contributed by atoms with Crippen molar-refractivity contribution in [2.75, 3.05) is 39.8 Å². The number of nitrogens with zero attached hydrogens (tertiary/aromatic N) is 4. The summed E-state index contributed by atoms with van der Waals surface area (Å²) in [5, 5.41) is 0. The topological polar surface area (TPSA) is 67.7 Å². The van der Waals surface area contributed by atoms with Crippen LogP contribution in [0.1, 0.15) is 18.3 Å². The molecule has 1 aromatic carbocycles. The van der Waals surface area contributed by atoms with Crippen LogP contribution >= 0.6 is 0 Å². The molecule has 2 heterocycles. The van der Waals surface area contributed by atoms with Crippen molar-refractivity contribution in [2.24, 2.45) is 0 Å². The maximum absolute atomic E-state index is 12.9. The lowest BCUT2D eigenvalue weighted by atomic mass is 10.2. The van der Waals surface area contributed by atoms with Crippen LogP contribution in [-0.4, -0.2) is 67.0 Å². The number of rotatable bonds is 7. The van der Waals surface area contributed by atoms with Gasteiger partial charge < -0.3 is 9.30 Å². The van der Waals surface area contributed by atoms with Gasteiger partial charge in [0.05, 0.1) is 12.0 Å². The number of benzene rings is 1. The second kappa shape index (κ2) is 8.41. The Labute approximate surface area is 161 Å². The maximum atomic E-state index is 12.9. The Hall–Kier alpha value is -1.90. The zero-order valence-corrected chi connectivity index (χ0v) is 17.1. The predicted octanol–water partition coefficient (Wildman–Crippen LogP) is 1.77. The molecule has 0 saturated carbocycles. The first-order valence-corrected chi connectivity index (χ1v) is 10.8. The molecule has 27 heavy (non-hydrogen) atoms. The highest BCUT2D eigenvalue weighted by atomic mass is 32.2. The van der Waals surface area contributed by atoms with E-state index in [-0.39, 0.29) is 0 Å². The standard InChI is InChI=1S/C19H28N4O3S/c1-4-19-20-7-8-22(19)12-9-21-10-13-23(14-11-21)27(24,25)17-5-6-18(26-3)16(2)15-17/h5-8,15H,4,9-14H2,1-3H3. The molecule has 7 nitrogen and oxygen atoms in total. The summed E-state index contributed by atoms with van der Waals surface area (Å²) in [6.07, 6.45) is 4.76. The van der Waals surface area contributed by atoms with Gasteiger partial charge in [-0.25, -0.2) is 13.4 Å². The minimum atomic E-state index is -3.47. The van der Waals surface area contributed by atoms with Gasteiger partial charge in [-0.05, 0) is 30.7 Å². The summed E-state index contributed by atoms with van der Waals surface area (Å²) in [6, 6.07) is 5.03. The maximum Gasteiger partial charge on any atom is 0.243 e. The molecule has 0 bridgehead atoms.